The molecule has 0 aliphatic rings. The molecule has 2 atom stereocenters. The second-order valence-corrected chi connectivity index (χ2v) is 16.1. The first-order valence-electron chi connectivity index (χ1n) is 21.7. The van der Waals surface area contributed by atoms with Crippen molar-refractivity contribution in [2.75, 3.05) is 5.32 Å². The molecule has 0 bridgehead atoms. The standard InChI is InChI=1S/C54H53N7/c1-5-14-37(3)15-13-16-39-23-25-40(26-24-39)41-27-29-42(30-28-41)56-57-50-33-34-52(46-20-10-9-19-45(46)50)60-61-54-36-35-53(47-21-11-12-22-48(47)54)59-58-51-32-31-49(55-38(4)6-2)43-17-7-8-18-44(43)51/h7-12,17-38,55H,5-6,13-16H2,1-4H3. The first-order valence-corrected chi connectivity index (χ1v) is 21.7. The van der Waals surface area contributed by atoms with E-state index in [1.807, 2.05) is 78.9 Å². The molecule has 0 heterocycles. The highest BCUT2D eigenvalue weighted by Crippen LogP contribution is 2.39. The number of benzene rings is 8. The number of rotatable bonds is 16. The molecule has 0 amide bonds. The van der Waals surface area contributed by atoms with Gasteiger partial charge in [-0.2, -0.15) is 5.11 Å². The number of azo groups is 3. The molecule has 0 fully saturated rings. The Morgan fingerprint density at radius 2 is 0.836 bits per heavy atom. The summed E-state index contributed by atoms with van der Waals surface area (Å²) in [5.74, 6) is 0.811. The van der Waals surface area contributed by atoms with E-state index in [2.05, 4.69) is 122 Å². The SMILES string of the molecule is CCCC(C)CCCc1ccc(-c2ccc(N=Nc3ccc(N=Nc4ccc(N=Nc5ccc(NC(C)CC)c6ccccc56)c5ccccc45)c4ccccc34)cc2)cc1. The molecule has 8 aromatic carbocycles. The van der Waals surface area contributed by atoms with E-state index in [0.717, 1.165) is 90.9 Å². The maximum absolute atomic E-state index is 4.77. The van der Waals surface area contributed by atoms with Crippen LogP contribution in [0.25, 0.3) is 43.4 Å². The van der Waals surface area contributed by atoms with Crippen LogP contribution in [0.2, 0.25) is 0 Å². The van der Waals surface area contributed by atoms with Crippen molar-refractivity contribution in [3.8, 4) is 11.1 Å². The Kier molecular flexibility index (Phi) is 13.1. The molecule has 0 spiro atoms. The van der Waals surface area contributed by atoms with E-state index in [-0.39, 0.29) is 0 Å². The molecular weight excluding hydrogens is 747 g/mol. The lowest BCUT2D eigenvalue weighted by Gasteiger charge is -2.15. The second-order valence-electron chi connectivity index (χ2n) is 16.1. The monoisotopic (exact) mass is 799 g/mol. The van der Waals surface area contributed by atoms with Gasteiger partial charge in [-0.25, -0.2) is 0 Å². The van der Waals surface area contributed by atoms with Crippen LogP contribution in [0.5, 0.6) is 0 Å². The maximum atomic E-state index is 4.77. The zero-order chi connectivity index (χ0) is 42.0. The van der Waals surface area contributed by atoms with Crippen molar-refractivity contribution in [3.63, 3.8) is 0 Å². The topological polar surface area (TPSA) is 86.2 Å². The molecule has 0 radical (unpaired) electrons. The molecule has 2 unspecified atom stereocenters. The van der Waals surface area contributed by atoms with Crippen LogP contribution in [0, 0.1) is 5.92 Å². The van der Waals surface area contributed by atoms with E-state index in [9.17, 15) is 0 Å². The Balaban J connectivity index is 0.979. The fourth-order valence-corrected chi connectivity index (χ4v) is 7.95. The third kappa shape index (κ3) is 9.79. The highest BCUT2D eigenvalue weighted by atomic mass is 15.1. The summed E-state index contributed by atoms with van der Waals surface area (Å²) >= 11 is 0. The van der Waals surface area contributed by atoms with E-state index < -0.39 is 0 Å². The summed E-state index contributed by atoms with van der Waals surface area (Å²) in [6, 6.07) is 54.2. The maximum Gasteiger partial charge on any atom is 0.0936 e. The molecule has 0 aliphatic heterocycles. The molecular formula is C54H53N7. The number of aryl methyl sites for hydroxylation is 1. The smallest absolute Gasteiger partial charge is 0.0936 e. The van der Waals surface area contributed by atoms with Crippen molar-refractivity contribution < 1.29 is 0 Å². The van der Waals surface area contributed by atoms with Crippen LogP contribution >= 0.6 is 0 Å². The molecule has 0 saturated carbocycles. The normalized spacial score (nSPS) is 13.0. The van der Waals surface area contributed by atoms with Gasteiger partial charge < -0.3 is 5.32 Å². The van der Waals surface area contributed by atoms with Crippen molar-refractivity contribution in [3.05, 3.63) is 163 Å². The fourth-order valence-electron chi connectivity index (χ4n) is 7.95. The first kappa shape index (κ1) is 40.9. The van der Waals surface area contributed by atoms with E-state index in [4.69, 9.17) is 20.5 Å². The van der Waals surface area contributed by atoms with Gasteiger partial charge >= 0.3 is 0 Å². The summed E-state index contributed by atoms with van der Waals surface area (Å²) in [6.07, 6.45) is 7.31. The quantitative estimate of drug-likeness (QED) is 0.0970. The van der Waals surface area contributed by atoms with Gasteiger partial charge in [0.05, 0.1) is 34.1 Å². The van der Waals surface area contributed by atoms with E-state index >= 15 is 0 Å². The van der Waals surface area contributed by atoms with Crippen LogP contribution in [-0.4, -0.2) is 6.04 Å². The average molecular weight is 800 g/mol. The Morgan fingerprint density at radius 1 is 0.426 bits per heavy atom. The predicted octanol–water partition coefficient (Wildman–Crippen LogP) is 18.0. The molecule has 0 aromatic heterocycles. The third-order valence-corrected chi connectivity index (χ3v) is 11.6. The molecule has 0 aliphatic carbocycles. The van der Waals surface area contributed by atoms with Crippen molar-refractivity contribution in [1.29, 1.82) is 0 Å². The summed E-state index contributed by atoms with van der Waals surface area (Å²) in [5.41, 5.74) is 9.53. The van der Waals surface area contributed by atoms with Crippen LogP contribution < -0.4 is 5.32 Å². The zero-order valence-corrected chi connectivity index (χ0v) is 35.6. The summed E-state index contributed by atoms with van der Waals surface area (Å²) in [7, 11) is 0. The van der Waals surface area contributed by atoms with Gasteiger partial charge in [0.25, 0.3) is 0 Å². The molecule has 0 saturated heterocycles. The lowest BCUT2D eigenvalue weighted by molar-refractivity contribution is 0.469. The number of fused-ring (bicyclic) bond motifs is 3. The minimum absolute atomic E-state index is 0.371. The average Bonchev–Trinajstić information content (AvgIpc) is 3.30. The van der Waals surface area contributed by atoms with Gasteiger partial charge in [0, 0.05) is 44.0 Å². The molecule has 8 rings (SSSR count). The largest absolute Gasteiger partial charge is 0.382 e. The highest BCUT2D eigenvalue weighted by Gasteiger charge is 2.11. The molecule has 1 N–H and O–H groups in total. The molecule has 7 nitrogen and oxygen atoms in total. The summed E-state index contributed by atoms with van der Waals surface area (Å²) in [5, 5.41) is 38.0. The second kappa shape index (κ2) is 19.5. The van der Waals surface area contributed by atoms with Crippen molar-refractivity contribution in [2.45, 2.75) is 72.3 Å². The van der Waals surface area contributed by atoms with Gasteiger partial charge in [-0.05, 0) is 97.3 Å². The number of hydrogen-bond acceptors (Lipinski definition) is 7. The number of anilines is 1. The van der Waals surface area contributed by atoms with Crippen LogP contribution in [0.4, 0.5) is 39.8 Å². The fraction of sp³-hybridized carbons (Fsp3) is 0.222. The zero-order valence-electron chi connectivity index (χ0n) is 35.6. The molecule has 304 valence electrons. The molecule has 61 heavy (non-hydrogen) atoms. The first-order chi connectivity index (χ1) is 30.0. The Morgan fingerprint density at radius 3 is 1.30 bits per heavy atom. The summed E-state index contributed by atoms with van der Waals surface area (Å²) < 4.78 is 0. The van der Waals surface area contributed by atoms with Gasteiger partial charge in [0.15, 0.2) is 0 Å². The van der Waals surface area contributed by atoms with Crippen LogP contribution in [0.1, 0.15) is 65.4 Å². The number of hydrogen-bond donors (Lipinski definition) is 1. The van der Waals surface area contributed by atoms with Gasteiger partial charge in [-0.15, -0.1) is 25.6 Å². The van der Waals surface area contributed by atoms with Crippen LogP contribution in [-0.2, 0) is 6.42 Å². The van der Waals surface area contributed by atoms with E-state index in [0.29, 0.717) is 6.04 Å². The van der Waals surface area contributed by atoms with Gasteiger partial charge in [-0.1, -0.05) is 149 Å². The van der Waals surface area contributed by atoms with Crippen molar-refractivity contribution in [2.24, 2.45) is 36.6 Å². The van der Waals surface area contributed by atoms with Crippen molar-refractivity contribution >= 4 is 72.1 Å². The summed E-state index contributed by atoms with van der Waals surface area (Å²) in [6.45, 7) is 9.02. The number of nitrogens with one attached hydrogen (secondary N) is 1. The Hall–Kier alpha value is -6.86. The number of nitrogens with zero attached hydrogens (tertiary/aromatic N) is 6. The van der Waals surface area contributed by atoms with E-state index in [1.54, 1.807) is 0 Å². The van der Waals surface area contributed by atoms with Crippen molar-refractivity contribution in [1.82, 2.24) is 0 Å². The lowest BCUT2D eigenvalue weighted by Crippen LogP contribution is -2.13. The van der Waals surface area contributed by atoms with Crippen LogP contribution in [0.3, 0.4) is 0 Å². The molecule has 7 heteroatoms. The minimum atomic E-state index is 0.371. The van der Waals surface area contributed by atoms with Crippen LogP contribution in [0.15, 0.2) is 188 Å². The lowest BCUT2D eigenvalue weighted by atomic mass is 9.96. The Bertz CT molecular complexity index is 2840. The predicted molar refractivity (Wildman–Crippen MR) is 257 cm³/mol. The summed E-state index contributed by atoms with van der Waals surface area (Å²) in [4.78, 5) is 0. The van der Waals surface area contributed by atoms with E-state index in [1.165, 1.54) is 42.4 Å². The van der Waals surface area contributed by atoms with Gasteiger partial charge in [0.1, 0.15) is 0 Å². The minimum Gasteiger partial charge on any atom is -0.382 e. The van der Waals surface area contributed by atoms with Gasteiger partial charge in [-0.3, -0.25) is 0 Å². The Labute approximate surface area is 359 Å². The third-order valence-electron chi connectivity index (χ3n) is 11.6. The highest BCUT2D eigenvalue weighted by molar-refractivity contribution is 6.02. The molecule has 8 aromatic rings. The van der Waals surface area contributed by atoms with Gasteiger partial charge in [0.2, 0.25) is 0 Å².